The fourth-order valence-corrected chi connectivity index (χ4v) is 4.08. The average molecular weight is 516 g/mol. The summed E-state index contributed by atoms with van der Waals surface area (Å²) in [7, 11) is 1.78. The predicted octanol–water partition coefficient (Wildman–Crippen LogP) is 4.28. The molecule has 2 saturated carbocycles. The molecule has 6 nitrogen and oxygen atoms in total. The van der Waals surface area contributed by atoms with Crippen LogP contribution in [0.3, 0.4) is 0 Å². The van der Waals surface area contributed by atoms with E-state index in [0.717, 1.165) is 56.4 Å². The lowest BCUT2D eigenvalue weighted by Gasteiger charge is -2.42. The number of halogens is 1. The molecule has 0 saturated heterocycles. The van der Waals surface area contributed by atoms with Gasteiger partial charge in [-0.25, -0.2) is 9.98 Å². The van der Waals surface area contributed by atoms with Gasteiger partial charge >= 0.3 is 0 Å². The minimum Gasteiger partial charge on any atom is -0.474 e. The van der Waals surface area contributed by atoms with Crippen molar-refractivity contribution in [2.24, 2.45) is 10.4 Å². The van der Waals surface area contributed by atoms with Gasteiger partial charge in [0.2, 0.25) is 5.88 Å². The Hall–Kier alpha value is -1.09. The summed E-state index contributed by atoms with van der Waals surface area (Å²) in [5.74, 6) is 1.60. The number of methoxy groups -OCH3 is 1. The maximum Gasteiger partial charge on any atom is 0.213 e. The van der Waals surface area contributed by atoms with Crippen LogP contribution >= 0.6 is 24.0 Å². The third kappa shape index (κ3) is 7.59. The number of aromatic nitrogens is 1. The number of aliphatic imine (C=N–C) groups is 1. The maximum atomic E-state index is 6.02. The minimum absolute atomic E-state index is 0. The van der Waals surface area contributed by atoms with Crippen LogP contribution in [0.15, 0.2) is 23.3 Å². The van der Waals surface area contributed by atoms with Crippen LogP contribution in [-0.4, -0.2) is 43.9 Å². The van der Waals surface area contributed by atoms with Crippen LogP contribution in [0.1, 0.15) is 63.9 Å². The number of pyridine rings is 1. The number of ether oxygens (including phenoxy) is 2. The van der Waals surface area contributed by atoms with Crippen LogP contribution in [0, 0.1) is 5.41 Å². The Labute approximate surface area is 192 Å². The first-order valence-electron chi connectivity index (χ1n) is 10.9. The predicted molar refractivity (Wildman–Crippen MR) is 128 cm³/mol. The van der Waals surface area contributed by atoms with Gasteiger partial charge in [0.15, 0.2) is 5.96 Å². The van der Waals surface area contributed by atoms with Gasteiger partial charge in [0.25, 0.3) is 0 Å². The monoisotopic (exact) mass is 516 g/mol. The Morgan fingerprint density at radius 1 is 1.24 bits per heavy atom. The van der Waals surface area contributed by atoms with Crippen molar-refractivity contribution in [3.8, 4) is 5.88 Å². The normalized spacial score (nSPS) is 18.6. The van der Waals surface area contributed by atoms with Gasteiger partial charge in [0, 0.05) is 39.1 Å². The van der Waals surface area contributed by atoms with Crippen molar-refractivity contribution in [1.29, 1.82) is 0 Å². The highest BCUT2D eigenvalue weighted by molar-refractivity contribution is 14.0. The summed E-state index contributed by atoms with van der Waals surface area (Å²) in [4.78, 5) is 9.15. The topological polar surface area (TPSA) is 67.8 Å². The Balaban J connectivity index is 0.00000300. The first-order chi connectivity index (χ1) is 13.7. The highest BCUT2D eigenvalue weighted by Crippen LogP contribution is 2.43. The molecule has 0 bridgehead atoms. The van der Waals surface area contributed by atoms with Crippen LogP contribution in [0.25, 0.3) is 0 Å². The molecule has 1 aromatic rings. The fraction of sp³-hybridized carbons (Fsp3) is 0.727. The fourth-order valence-electron chi connectivity index (χ4n) is 4.08. The SMILES string of the molecule is CCNC(=NCc1ccnc(OC2CCCC2)c1)NCC1(CCOC)CCC1.I. The first-order valence-corrected chi connectivity index (χ1v) is 10.9. The second kappa shape index (κ2) is 12.6. The number of guanidine groups is 1. The van der Waals surface area contributed by atoms with Crippen molar-refractivity contribution in [3.63, 3.8) is 0 Å². The van der Waals surface area contributed by atoms with Crippen molar-refractivity contribution in [2.75, 3.05) is 26.8 Å². The molecule has 164 valence electrons. The van der Waals surface area contributed by atoms with Gasteiger partial charge in [-0.1, -0.05) is 6.42 Å². The molecule has 2 aliphatic carbocycles. The Kier molecular flexibility index (Phi) is 10.5. The van der Waals surface area contributed by atoms with E-state index >= 15 is 0 Å². The molecule has 29 heavy (non-hydrogen) atoms. The molecule has 0 aliphatic heterocycles. The van der Waals surface area contributed by atoms with Gasteiger partial charge in [-0.3, -0.25) is 0 Å². The molecule has 1 aromatic heterocycles. The lowest BCUT2D eigenvalue weighted by Crippen LogP contribution is -2.46. The molecule has 7 heteroatoms. The second-order valence-electron chi connectivity index (χ2n) is 8.17. The van der Waals surface area contributed by atoms with Crippen molar-refractivity contribution >= 4 is 29.9 Å². The molecular formula is C22H37IN4O2. The van der Waals surface area contributed by atoms with Gasteiger partial charge in [-0.15, -0.1) is 24.0 Å². The number of hydrogen-bond donors (Lipinski definition) is 2. The molecular weight excluding hydrogens is 479 g/mol. The molecule has 0 unspecified atom stereocenters. The van der Waals surface area contributed by atoms with Crippen molar-refractivity contribution in [1.82, 2.24) is 15.6 Å². The van der Waals surface area contributed by atoms with Crippen LogP contribution in [-0.2, 0) is 11.3 Å². The molecule has 0 amide bonds. The lowest BCUT2D eigenvalue weighted by atomic mass is 9.67. The van der Waals surface area contributed by atoms with Gasteiger partial charge in [0.1, 0.15) is 6.10 Å². The Bertz CT molecular complexity index is 631. The molecule has 0 aromatic carbocycles. The third-order valence-electron chi connectivity index (χ3n) is 6.03. The molecule has 0 radical (unpaired) electrons. The zero-order chi connectivity index (χ0) is 19.7. The lowest BCUT2D eigenvalue weighted by molar-refractivity contribution is 0.0732. The molecule has 3 rings (SSSR count). The molecule has 1 heterocycles. The second-order valence-corrected chi connectivity index (χ2v) is 8.17. The van der Waals surface area contributed by atoms with E-state index in [4.69, 9.17) is 14.5 Å². The van der Waals surface area contributed by atoms with E-state index < -0.39 is 0 Å². The van der Waals surface area contributed by atoms with Gasteiger partial charge < -0.3 is 20.1 Å². The van der Waals surface area contributed by atoms with Gasteiger partial charge in [0.05, 0.1) is 6.54 Å². The molecule has 2 N–H and O–H groups in total. The van der Waals surface area contributed by atoms with Crippen LogP contribution in [0.5, 0.6) is 5.88 Å². The van der Waals surface area contributed by atoms with Gasteiger partial charge in [-0.2, -0.15) is 0 Å². The summed E-state index contributed by atoms with van der Waals surface area (Å²) in [6, 6.07) is 4.04. The van der Waals surface area contributed by atoms with Crippen molar-refractivity contribution in [2.45, 2.75) is 70.9 Å². The number of nitrogens with zero attached hydrogens (tertiary/aromatic N) is 2. The number of rotatable bonds is 10. The average Bonchev–Trinajstić information content (AvgIpc) is 3.18. The summed E-state index contributed by atoms with van der Waals surface area (Å²) in [5, 5.41) is 6.92. The van der Waals surface area contributed by atoms with Crippen LogP contribution < -0.4 is 15.4 Å². The van der Waals surface area contributed by atoms with Crippen molar-refractivity contribution in [3.05, 3.63) is 23.9 Å². The van der Waals surface area contributed by atoms with E-state index in [9.17, 15) is 0 Å². The zero-order valence-electron chi connectivity index (χ0n) is 17.9. The first kappa shape index (κ1) is 24.2. The smallest absolute Gasteiger partial charge is 0.213 e. The number of nitrogens with one attached hydrogen (secondary N) is 2. The molecule has 0 spiro atoms. The summed E-state index contributed by atoms with van der Waals surface area (Å²) in [5.41, 5.74) is 1.49. The summed E-state index contributed by atoms with van der Waals surface area (Å²) in [6.45, 7) is 5.35. The minimum atomic E-state index is 0. The zero-order valence-corrected chi connectivity index (χ0v) is 20.2. The highest BCUT2D eigenvalue weighted by Gasteiger charge is 2.36. The molecule has 2 aliphatic rings. The third-order valence-corrected chi connectivity index (χ3v) is 6.03. The Morgan fingerprint density at radius 3 is 2.69 bits per heavy atom. The Morgan fingerprint density at radius 2 is 2.03 bits per heavy atom. The molecule has 0 atom stereocenters. The maximum absolute atomic E-state index is 6.02. The standard InChI is InChI=1S/C22H36N4O2.HI/c1-3-23-21(26-17-22(10-6-11-22)12-14-27-2)25-16-18-9-13-24-20(15-18)28-19-7-4-5-8-19;/h9,13,15,19H,3-8,10-12,14,16-17H2,1-2H3,(H2,23,25,26);1H. The van der Waals surface area contributed by atoms with E-state index in [1.165, 1.54) is 32.1 Å². The summed E-state index contributed by atoms with van der Waals surface area (Å²) < 4.78 is 11.3. The van der Waals surface area contributed by atoms with E-state index in [-0.39, 0.29) is 24.0 Å². The molecule has 2 fully saturated rings. The van der Waals surface area contributed by atoms with Gasteiger partial charge in [-0.05, 0) is 68.9 Å². The quantitative estimate of drug-likeness (QED) is 0.276. The summed E-state index contributed by atoms with van der Waals surface area (Å²) >= 11 is 0. The van der Waals surface area contributed by atoms with Crippen molar-refractivity contribution < 1.29 is 9.47 Å². The van der Waals surface area contributed by atoms with Crippen LogP contribution in [0.4, 0.5) is 0 Å². The van der Waals surface area contributed by atoms with E-state index in [0.29, 0.717) is 18.1 Å². The van der Waals surface area contributed by atoms with E-state index in [1.54, 1.807) is 7.11 Å². The highest BCUT2D eigenvalue weighted by atomic mass is 127. The summed E-state index contributed by atoms with van der Waals surface area (Å²) in [6.07, 6.45) is 11.9. The number of hydrogen-bond acceptors (Lipinski definition) is 4. The van der Waals surface area contributed by atoms with Crippen LogP contribution in [0.2, 0.25) is 0 Å². The van der Waals surface area contributed by atoms with E-state index in [1.807, 2.05) is 18.3 Å². The largest absolute Gasteiger partial charge is 0.474 e. The van der Waals surface area contributed by atoms with E-state index in [2.05, 4.69) is 22.5 Å².